The molecule has 0 amide bonds. The Bertz CT molecular complexity index is 621. The third-order valence-electron chi connectivity index (χ3n) is 2.93. The topological polar surface area (TPSA) is 61.1 Å². The first-order valence-corrected chi connectivity index (χ1v) is 6.10. The number of hydrogen-bond donors (Lipinski definition) is 0. The van der Waals surface area contributed by atoms with E-state index in [1.807, 2.05) is 0 Å². The molecule has 0 spiro atoms. The number of rotatable bonds is 5. The van der Waals surface area contributed by atoms with Crippen LogP contribution in [0.2, 0.25) is 0 Å². The fourth-order valence-electron chi connectivity index (χ4n) is 1.96. The van der Waals surface area contributed by atoms with E-state index >= 15 is 0 Å². The van der Waals surface area contributed by atoms with Crippen molar-refractivity contribution in [2.24, 2.45) is 0 Å². The van der Waals surface area contributed by atoms with Gasteiger partial charge in [0.1, 0.15) is 0 Å². The van der Waals surface area contributed by atoms with Gasteiger partial charge in [0.05, 0.1) is 5.57 Å². The zero-order valence-electron chi connectivity index (χ0n) is 10.7. The fourth-order valence-corrected chi connectivity index (χ4v) is 1.96. The molecule has 100 valence electrons. The Morgan fingerprint density at radius 2 is 1.65 bits per heavy atom. The number of nitrogens with zero attached hydrogens (tertiary/aromatic N) is 1. The van der Waals surface area contributed by atoms with Crippen molar-refractivity contribution < 1.29 is 19.3 Å². The van der Waals surface area contributed by atoms with Gasteiger partial charge in [0.25, 0.3) is 0 Å². The molecule has 2 rings (SSSR count). The lowest BCUT2D eigenvalue weighted by Gasteiger charge is -2.12. The Kier molecular flexibility index (Phi) is 4.39. The van der Waals surface area contributed by atoms with Gasteiger partial charge in [-0.15, -0.1) is 6.26 Å². The van der Waals surface area contributed by atoms with Gasteiger partial charge >= 0.3 is 0 Å². The van der Waals surface area contributed by atoms with Crippen LogP contribution >= 0.6 is 0 Å². The van der Waals surface area contributed by atoms with E-state index < -0.39 is 6.04 Å². The van der Waals surface area contributed by atoms with Gasteiger partial charge in [-0.05, 0) is 0 Å². The molecular weight excluding hydrogens is 254 g/mol. The summed E-state index contributed by atoms with van der Waals surface area (Å²) in [6.45, 7) is 0. The van der Waals surface area contributed by atoms with Crippen LogP contribution in [0.15, 0.2) is 72.8 Å². The molecule has 0 aliphatic carbocycles. The lowest BCUT2D eigenvalue weighted by molar-refractivity contribution is -0.699. The van der Waals surface area contributed by atoms with Gasteiger partial charge in [-0.2, -0.15) is 4.57 Å². The van der Waals surface area contributed by atoms with Crippen molar-refractivity contribution in [2.45, 2.75) is 6.04 Å². The minimum atomic E-state index is -0.936. The molecule has 4 heteroatoms. The molecule has 0 aliphatic rings. The van der Waals surface area contributed by atoms with Gasteiger partial charge in [-0.3, -0.25) is 9.59 Å². The lowest BCUT2D eigenvalue weighted by atomic mass is 9.98. The smallest absolute Gasteiger partial charge is 0.247 e. The number of Topliss-reactive ketones (excluding diaryl/α,β-unsaturated/α-hetero) is 1. The van der Waals surface area contributed by atoms with E-state index in [2.05, 4.69) is 0 Å². The first-order valence-electron chi connectivity index (χ1n) is 6.10. The van der Waals surface area contributed by atoms with Gasteiger partial charge < -0.3 is 5.11 Å². The second-order valence-electron chi connectivity index (χ2n) is 4.19. The largest absolute Gasteiger partial charge is 0.877 e. The summed E-state index contributed by atoms with van der Waals surface area (Å²) in [4.78, 5) is 23.6. The lowest BCUT2D eigenvalue weighted by Crippen LogP contribution is -2.45. The molecule has 0 fully saturated rings. The van der Waals surface area contributed by atoms with E-state index in [-0.39, 0.29) is 11.4 Å². The zero-order valence-corrected chi connectivity index (χ0v) is 10.7. The van der Waals surface area contributed by atoms with Crippen LogP contribution in [0.4, 0.5) is 0 Å². The molecule has 0 saturated carbocycles. The predicted molar refractivity (Wildman–Crippen MR) is 70.6 cm³/mol. The van der Waals surface area contributed by atoms with Crippen LogP contribution in [0, 0.1) is 0 Å². The minimum absolute atomic E-state index is 0.102. The normalized spacial score (nSPS) is 12.7. The van der Waals surface area contributed by atoms with E-state index in [0.717, 1.165) is 0 Å². The van der Waals surface area contributed by atoms with Gasteiger partial charge in [-0.25, -0.2) is 0 Å². The van der Waals surface area contributed by atoms with Gasteiger partial charge in [0.2, 0.25) is 11.8 Å². The van der Waals surface area contributed by atoms with E-state index in [1.54, 1.807) is 65.5 Å². The molecule has 0 saturated heterocycles. The van der Waals surface area contributed by atoms with Crippen molar-refractivity contribution in [2.75, 3.05) is 0 Å². The standard InChI is InChI=1S/C16H13NO3/c18-11-14(12-19)15(17-9-5-2-6-10-17)16(20)13-7-3-1-4-8-13/h1-12,15H. The second kappa shape index (κ2) is 6.43. The third-order valence-corrected chi connectivity index (χ3v) is 2.93. The van der Waals surface area contributed by atoms with Gasteiger partial charge in [0.15, 0.2) is 18.7 Å². The van der Waals surface area contributed by atoms with Crippen LogP contribution in [0.1, 0.15) is 16.4 Å². The van der Waals surface area contributed by atoms with Crippen molar-refractivity contribution in [3.63, 3.8) is 0 Å². The quantitative estimate of drug-likeness (QED) is 0.265. The average Bonchev–Trinajstić information content (AvgIpc) is 2.53. The molecule has 2 aromatic rings. The van der Waals surface area contributed by atoms with Crippen molar-refractivity contribution in [1.82, 2.24) is 0 Å². The summed E-state index contributed by atoms with van der Waals surface area (Å²) in [5.74, 6) is -0.295. The van der Waals surface area contributed by atoms with E-state index in [9.17, 15) is 14.7 Å². The molecule has 0 radical (unpaired) electrons. The molecule has 1 aromatic heterocycles. The van der Waals surface area contributed by atoms with Gasteiger partial charge in [0, 0.05) is 17.7 Å². The summed E-state index contributed by atoms with van der Waals surface area (Å²) in [5, 5.41) is 11.1. The Labute approximate surface area is 116 Å². The number of hydrogen-bond acceptors (Lipinski definition) is 3. The maximum absolute atomic E-state index is 12.5. The molecule has 1 heterocycles. The van der Waals surface area contributed by atoms with Crippen molar-refractivity contribution in [1.29, 1.82) is 0 Å². The van der Waals surface area contributed by atoms with Crippen molar-refractivity contribution in [3.05, 3.63) is 78.3 Å². The highest BCUT2D eigenvalue weighted by molar-refractivity contribution is 6.02. The molecule has 0 N–H and O–H groups in total. The number of ketones is 1. The first kappa shape index (κ1) is 13.7. The number of benzene rings is 1. The third kappa shape index (κ3) is 2.80. The SMILES string of the molecule is O=C/C(=C/[O-])C(C(=O)c1ccccc1)[n+]1ccccc1. The molecule has 1 aromatic carbocycles. The first-order chi connectivity index (χ1) is 9.77. The van der Waals surface area contributed by atoms with Crippen molar-refractivity contribution in [3.8, 4) is 0 Å². The molecule has 1 atom stereocenters. The van der Waals surface area contributed by atoms with Crippen LogP contribution in [0.5, 0.6) is 0 Å². The summed E-state index contributed by atoms with van der Waals surface area (Å²) in [7, 11) is 0. The summed E-state index contributed by atoms with van der Waals surface area (Å²) in [6, 6.07) is 12.9. The molecule has 1 unspecified atom stereocenters. The number of allylic oxidation sites excluding steroid dienone is 1. The number of pyridine rings is 1. The van der Waals surface area contributed by atoms with E-state index in [0.29, 0.717) is 18.1 Å². The second-order valence-corrected chi connectivity index (χ2v) is 4.19. The van der Waals surface area contributed by atoms with Crippen LogP contribution < -0.4 is 9.67 Å². The van der Waals surface area contributed by atoms with Crippen LogP contribution in [0.3, 0.4) is 0 Å². The van der Waals surface area contributed by atoms with Gasteiger partial charge in [-0.1, -0.05) is 36.4 Å². The monoisotopic (exact) mass is 267 g/mol. The summed E-state index contributed by atoms with van der Waals surface area (Å²) >= 11 is 0. The fraction of sp³-hybridized carbons (Fsp3) is 0.0625. The number of carbonyl (C=O) groups excluding carboxylic acids is 2. The number of aromatic nitrogens is 1. The summed E-state index contributed by atoms with van der Waals surface area (Å²) < 4.78 is 1.55. The maximum atomic E-state index is 12.5. The predicted octanol–water partition coefficient (Wildman–Crippen LogP) is 0.841. The summed E-state index contributed by atoms with van der Waals surface area (Å²) in [6.07, 6.45) is 4.16. The zero-order chi connectivity index (χ0) is 14.4. The van der Waals surface area contributed by atoms with E-state index in [1.165, 1.54) is 0 Å². The molecule has 0 bridgehead atoms. The Hall–Kier alpha value is -2.75. The highest BCUT2D eigenvalue weighted by atomic mass is 16.2. The van der Waals surface area contributed by atoms with Crippen LogP contribution in [-0.2, 0) is 4.79 Å². The average molecular weight is 267 g/mol. The Morgan fingerprint density at radius 1 is 1.05 bits per heavy atom. The Morgan fingerprint density at radius 3 is 2.20 bits per heavy atom. The van der Waals surface area contributed by atoms with E-state index in [4.69, 9.17) is 0 Å². The number of aldehydes is 1. The Balaban J connectivity index is 2.48. The minimum Gasteiger partial charge on any atom is -0.877 e. The molecule has 20 heavy (non-hydrogen) atoms. The number of carbonyl (C=O) groups is 2. The summed E-state index contributed by atoms with van der Waals surface area (Å²) in [5.41, 5.74) is 0.352. The molecular formula is C16H13NO3. The highest BCUT2D eigenvalue weighted by Crippen LogP contribution is 2.15. The van der Waals surface area contributed by atoms with Crippen LogP contribution in [0.25, 0.3) is 0 Å². The highest BCUT2D eigenvalue weighted by Gasteiger charge is 2.31. The van der Waals surface area contributed by atoms with Crippen molar-refractivity contribution >= 4 is 12.1 Å². The van der Waals surface area contributed by atoms with Crippen LogP contribution in [-0.4, -0.2) is 12.1 Å². The molecule has 4 nitrogen and oxygen atoms in total. The molecule has 0 aliphatic heterocycles. The maximum Gasteiger partial charge on any atom is 0.247 e.